The number of aromatic nitrogens is 3. The van der Waals surface area contributed by atoms with Gasteiger partial charge < -0.3 is 0 Å². The molecule has 0 bridgehead atoms. The average molecular weight is 560 g/mol. The van der Waals surface area contributed by atoms with Gasteiger partial charge in [-0.3, -0.25) is 4.98 Å². The Hall–Kier alpha value is -5.93. The highest BCUT2D eigenvalue weighted by Crippen LogP contribution is 2.41. The van der Waals surface area contributed by atoms with Gasteiger partial charge in [-0.15, -0.1) is 0 Å². The summed E-state index contributed by atoms with van der Waals surface area (Å²) >= 11 is 0. The lowest BCUT2D eigenvalue weighted by Gasteiger charge is -2.16. The predicted molar refractivity (Wildman–Crippen MR) is 184 cm³/mol. The second kappa shape index (κ2) is 9.82. The number of fused-ring (bicyclic) bond motifs is 5. The van der Waals surface area contributed by atoms with Crippen molar-refractivity contribution in [2.24, 2.45) is 0 Å². The minimum Gasteiger partial charge on any atom is -0.256 e. The number of benzene rings is 7. The van der Waals surface area contributed by atoms with Crippen molar-refractivity contribution in [3.05, 3.63) is 152 Å². The highest BCUT2D eigenvalue weighted by molar-refractivity contribution is 6.14. The molecule has 9 rings (SSSR count). The molecule has 0 aliphatic rings. The van der Waals surface area contributed by atoms with Crippen molar-refractivity contribution >= 4 is 54.0 Å². The zero-order valence-corrected chi connectivity index (χ0v) is 23.8. The summed E-state index contributed by atoms with van der Waals surface area (Å²) in [5.41, 5.74) is 5.96. The number of nitrogens with zero attached hydrogens (tertiary/aromatic N) is 3. The van der Waals surface area contributed by atoms with E-state index in [-0.39, 0.29) is 0 Å². The maximum absolute atomic E-state index is 5.34. The number of rotatable bonds is 3. The summed E-state index contributed by atoms with van der Waals surface area (Å²) in [6.45, 7) is 0. The van der Waals surface area contributed by atoms with E-state index in [9.17, 15) is 0 Å². The third-order valence-electron chi connectivity index (χ3n) is 8.64. The molecule has 0 radical (unpaired) electrons. The molecule has 0 N–H and O–H groups in total. The van der Waals surface area contributed by atoms with E-state index in [0.29, 0.717) is 5.82 Å². The molecule has 0 atom stereocenters. The molecule has 0 aliphatic carbocycles. The molecule has 0 amide bonds. The second-order valence-corrected chi connectivity index (χ2v) is 11.3. The number of hydrogen-bond donors (Lipinski definition) is 0. The normalized spacial score (nSPS) is 11.6. The molecular formula is C41H25N3. The van der Waals surface area contributed by atoms with Crippen molar-refractivity contribution in [3.63, 3.8) is 0 Å². The van der Waals surface area contributed by atoms with Crippen molar-refractivity contribution in [1.29, 1.82) is 0 Å². The molecule has 0 saturated carbocycles. The van der Waals surface area contributed by atoms with Crippen LogP contribution in [0, 0.1) is 0 Å². The van der Waals surface area contributed by atoms with E-state index in [1.165, 1.54) is 43.1 Å². The Balaban J connectivity index is 1.43. The van der Waals surface area contributed by atoms with Gasteiger partial charge in [-0.25, -0.2) is 9.97 Å². The third-order valence-corrected chi connectivity index (χ3v) is 8.64. The largest absolute Gasteiger partial charge is 0.256 e. The summed E-state index contributed by atoms with van der Waals surface area (Å²) in [5.74, 6) is 0.692. The Morgan fingerprint density at radius 1 is 0.364 bits per heavy atom. The minimum absolute atomic E-state index is 0.692. The minimum atomic E-state index is 0.692. The molecular weight excluding hydrogens is 534 g/mol. The second-order valence-electron chi connectivity index (χ2n) is 11.3. The van der Waals surface area contributed by atoms with Gasteiger partial charge in [0.1, 0.15) is 0 Å². The summed E-state index contributed by atoms with van der Waals surface area (Å²) in [5, 5.41) is 10.5. The van der Waals surface area contributed by atoms with Gasteiger partial charge in [0.25, 0.3) is 0 Å². The van der Waals surface area contributed by atoms with E-state index < -0.39 is 0 Å². The molecule has 3 heteroatoms. The molecule has 2 aromatic heterocycles. The van der Waals surface area contributed by atoms with Gasteiger partial charge in [-0.05, 0) is 85.6 Å². The third kappa shape index (κ3) is 3.94. The lowest BCUT2D eigenvalue weighted by atomic mass is 9.92. The first-order valence-electron chi connectivity index (χ1n) is 14.9. The maximum Gasteiger partial charge on any atom is 0.160 e. The zero-order valence-electron chi connectivity index (χ0n) is 23.8. The first kappa shape index (κ1) is 24.6. The van der Waals surface area contributed by atoms with Crippen LogP contribution in [-0.2, 0) is 0 Å². The average Bonchev–Trinajstić information content (AvgIpc) is 3.09. The summed E-state index contributed by atoms with van der Waals surface area (Å²) < 4.78 is 0. The summed E-state index contributed by atoms with van der Waals surface area (Å²) in [6.07, 6.45) is 1.83. The van der Waals surface area contributed by atoms with Crippen LogP contribution in [0.25, 0.3) is 87.9 Å². The number of hydrogen-bond acceptors (Lipinski definition) is 3. The lowest BCUT2D eigenvalue weighted by molar-refractivity contribution is 1.19. The van der Waals surface area contributed by atoms with Crippen LogP contribution in [0.1, 0.15) is 0 Å². The molecule has 7 aromatic carbocycles. The molecule has 9 aromatic rings. The first-order valence-corrected chi connectivity index (χ1v) is 14.9. The SMILES string of the molecule is c1cnc2ccc(-c3nc(-c4c5ccccc5cc5ccccc45)cc(-c4c5ccccc5cc5ccccc45)n3)cc2c1. The van der Waals surface area contributed by atoms with E-state index >= 15 is 0 Å². The van der Waals surface area contributed by atoms with E-state index in [1.807, 2.05) is 12.3 Å². The molecule has 0 fully saturated rings. The Morgan fingerprint density at radius 2 is 0.818 bits per heavy atom. The van der Waals surface area contributed by atoms with Crippen LogP contribution in [0.2, 0.25) is 0 Å². The van der Waals surface area contributed by atoms with E-state index in [4.69, 9.17) is 9.97 Å². The molecule has 0 aliphatic heterocycles. The quantitative estimate of drug-likeness (QED) is 0.202. The molecule has 204 valence electrons. The molecule has 3 nitrogen and oxygen atoms in total. The Bertz CT molecular complexity index is 2320. The fourth-order valence-electron chi connectivity index (χ4n) is 6.63. The van der Waals surface area contributed by atoms with Gasteiger partial charge >= 0.3 is 0 Å². The van der Waals surface area contributed by atoms with Crippen LogP contribution in [0.4, 0.5) is 0 Å². The standard InChI is InChI=1S/C41H25N3/c1-5-15-32-26(10-1)22-27-11-2-6-16-33(27)39(32)37-25-38(44-41(43-37)31-19-20-36-30(24-31)14-9-21-42-36)40-34-17-7-3-12-28(34)23-29-13-4-8-18-35(29)40/h1-25H. The topological polar surface area (TPSA) is 38.7 Å². The Morgan fingerprint density at radius 3 is 1.32 bits per heavy atom. The van der Waals surface area contributed by atoms with Gasteiger partial charge in [0, 0.05) is 28.3 Å². The van der Waals surface area contributed by atoms with Crippen molar-refractivity contribution in [2.75, 3.05) is 0 Å². The molecule has 2 heterocycles. The van der Waals surface area contributed by atoms with Crippen molar-refractivity contribution < 1.29 is 0 Å². The van der Waals surface area contributed by atoms with Crippen LogP contribution in [0.5, 0.6) is 0 Å². The van der Waals surface area contributed by atoms with Crippen molar-refractivity contribution in [3.8, 4) is 33.9 Å². The predicted octanol–water partition coefficient (Wildman–Crippen LogP) is 10.6. The number of pyridine rings is 1. The molecule has 0 spiro atoms. The van der Waals surface area contributed by atoms with Crippen LogP contribution in [0.3, 0.4) is 0 Å². The molecule has 44 heavy (non-hydrogen) atoms. The van der Waals surface area contributed by atoms with Gasteiger partial charge in [-0.2, -0.15) is 0 Å². The fourth-order valence-corrected chi connectivity index (χ4v) is 6.63. The molecule has 0 saturated heterocycles. The fraction of sp³-hybridized carbons (Fsp3) is 0. The van der Waals surface area contributed by atoms with Gasteiger partial charge in [0.05, 0.1) is 16.9 Å². The van der Waals surface area contributed by atoms with Crippen molar-refractivity contribution in [2.45, 2.75) is 0 Å². The highest BCUT2D eigenvalue weighted by atomic mass is 14.9. The van der Waals surface area contributed by atoms with Gasteiger partial charge in [0.15, 0.2) is 5.82 Å². The van der Waals surface area contributed by atoms with Crippen molar-refractivity contribution in [1.82, 2.24) is 15.0 Å². The molecule has 0 unspecified atom stereocenters. The maximum atomic E-state index is 5.34. The van der Waals surface area contributed by atoms with E-state index in [0.717, 1.165) is 39.0 Å². The van der Waals surface area contributed by atoms with Crippen LogP contribution < -0.4 is 0 Å². The zero-order chi connectivity index (χ0) is 29.0. The lowest BCUT2D eigenvalue weighted by Crippen LogP contribution is -1.98. The van der Waals surface area contributed by atoms with Crippen LogP contribution in [-0.4, -0.2) is 15.0 Å². The van der Waals surface area contributed by atoms with Crippen LogP contribution in [0.15, 0.2) is 152 Å². The van der Waals surface area contributed by atoms with E-state index in [1.54, 1.807) is 0 Å². The highest BCUT2D eigenvalue weighted by Gasteiger charge is 2.18. The summed E-state index contributed by atoms with van der Waals surface area (Å²) in [7, 11) is 0. The van der Waals surface area contributed by atoms with Crippen LogP contribution >= 0.6 is 0 Å². The first-order chi connectivity index (χ1) is 21.8. The van der Waals surface area contributed by atoms with Gasteiger partial charge in [0.2, 0.25) is 0 Å². The summed E-state index contributed by atoms with van der Waals surface area (Å²) in [6, 6.07) is 51.5. The van der Waals surface area contributed by atoms with Gasteiger partial charge in [-0.1, -0.05) is 103 Å². The summed E-state index contributed by atoms with van der Waals surface area (Å²) in [4.78, 5) is 15.2. The Kier molecular flexibility index (Phi) is 5.50. The Labute approximate surface area is 254 Å². The smallest absolute Gasteiger partial charge is 0.160 e. The van der Waals surface area contributed by atoms with E-state index in [2.05, 4.69) is 145 Å². The monoisotopic (exact) mass is 559 g/mol.